The average Bonchev–Trinajstić information content (AvgIpc) is 2.94. The van der Waals surface area contributed by atoms with Crippen molar-refractivity contribution in [2.24, 2.45) is 11.7 Å². The summed E-state index contributed by atoms with van der Waals surface area (Å²) in [6, 6.07) is 2.03. The molecule has 104 valence electrons. The molecule has 0 aromatic carbocycles. The van der Waals surface area contributed by atoms with Gasteiger partial charge < -0.3 is 15.2 Å². The number of primary amides is 1. The maximum atomic E-state index is 12.5. The lowest BCUT2D eigenvalue weighted by Gasteiger charge is -2.19. The minimum Gasteiger partial charge on any atom is -0.369 e. The molecule has 1 fully saturated rings. The SMILES string of the molecule is CC(C)n1cc(Br)cc1C(=O)N1CCC(C(N)=O)C1. The lowest BCUT2D eigenvalue weighted by atomic mass is 10.1. The first-order valence-electron chi connectivity index (χ1n) is 6.36. The largest absolute Gasteiger partial charge is 0.369 e. The van der Waals surface area contributed by atoms with Gasteiger partial charge in [-0.1, -0.05) is 0 Å². The Morgan fingerprint density at radius 1 is 1.47 bits per heavy atom. The van der Waals surface area contributed by atoms with Gasteiger partial charge in [0, 0.05) is 29.8 Å². The van der Waals surface area contributed by atoms with Gasteiger partial charge in [0.05, 0.1) is 5.92 Å². The van der Waals surface area contributed by atoms with Gasteiger partial charge in [-0.25, -0.2) is 0 Å². The van der Waals surface area contributed by atoms with E-state index in [0.29, 0.717) is 25.2 Å². The molecular weight excluding hydrogens is 310 g/mol. The Balaban J connectivity index is 2.19. The van der Waals surface area contributed by atoms with Gasteiger partial charge in [0.25, 0.3) is 5.91 Å². The van der Waals surface area contributed by atoms with Crippen molar-refractivity contribution in [1.29, 1.82) is 0 Å². The summed E-state index contributed by atoms with van der Waals surface area (Å²) in [7, 11) is 0. The number of hydrogen-bond donors (Lipinski definition) is 1. The van der Waals surface area contributed by atoms with E-state index in [1.165, 1.54) is 0 Å². The Morgan fingerprint density at radius 3 is 2.68 bits per heavy atom. The molecule has 6 heteroatoms. The van der Waals surface area contributed by atoms with Gasteiger partial charge in [-0.2, -0.15) is 0 Å². The minimum absolute atomic E-state index is 0.0387. The van der Waals surface area contributed by atoms with E-state index in [1.807, 2.05) is 30.7 Å². The molecule has 2 N–H and O–H groups in total. The van der Waals surface area contributed by atoms with Crippen LogP contribution in [0.1, 0.15) is 36.8 Å². The highest BCUT2D eigenvalue weighted by atomic mass is 79.9. The summed E-state index contributed by atoms with van der Waals surface area (Å²) in [5.74, 6) is -0.575. The first-order valence-corrected chi connectivity index (χ1v) is 7.15. The van der Waals surface area contributed by atoms with E-state index in [9.17, 15) is 9.59 Å². The van der Waals surface area contributed by atoms with Crippen LogP contribution >= 0.6 is 15.9 Å². The van der Waals surface area contributed by atoms with Crippen LogP contribution in [0.3, 0.4) is 0 Å². The average molecular weight is 328 g/mol. The highest BCUT2D eigenvalue weighted by Crippen LogP contribution is 2.23. The van der Waals surface area contributed by atoms with Crippen LogP contribution in [0.5, 0.6) is 0 Å². The third-order valence-corrected chi connectivity index (χ3v) is 3.90. The van der Waals surface area contributed by atoms with E-state index in [4.69, 9.17) is 5.73 Å². The van der Waals surface area contributed by atoms with Crippen LogP contribution in [-0.2, 0) is 4.79 Å². The van der Waals surface area contributed by atoms with Gasteiger partial charge in [-0.05, 0) is 42.3 Å². The standard InChI is InChI=1S/C13H18BrN3O2/c1-8(2)17-7-10(14)5-11(17)13(19)16-4-3-9(6-16)12(15)18/h5,7-9H,3-4,6H2,1-2H3,(H2,15,18). The fourth-order valence-electron chi connectivity index (χ4n) is 2.38. The van der Waals surface area contributed by atoms with Crippen molar-refractivity contribution in [3.8, 4) is 0 Å². The number of nitrogens with zero attached hydrogens (tertiary/aromatic N) is 2. The number of carbonyl (C=O) groups excluding carboxylic acids is 2. The molecule has 1 aliphatic heterocycles. The molecule has 2 heterocycles. The van der Waals surface area contributed by atoms with Crippen LogP contribution in [0.25, 0.3) is 0 Å². The molecule has 1 unspecified atom stereocenters. The fourth-order valence-corrected chi connectivity index (χ4v) is 2.82. The van der Waals surface area contributed by atoms with Crippen LogP contribution < -0.4 is 5.73 Å². The zero-order valence-electron chi connectivity index (χ0n) is 11.1. The molecular formula is C13H18BrN3O2. The summed E-state index contributed by atoms with van der Waals surface area (Å²) in [5, 5.41) is 0. The van der Waals surface area contributed by atoms with Gasteiger partial charge >= 0.3 is 0 Å². The summed E-state index contributed by atoms with van der Waals surface area (Å²) in [4.78, 5) is 25.3. The maximum absolute atomic E-state index is 12.5. The molecule has 0 saturated carbocycles. The first-order chi connectivity index (χ1) is 8.90. The monoisotopic (exact) mass is 327 g/mol. The van der Waals surface area contributed by atoms with E-state index in [1.54, 1.807) is 4.90 Å². The summed E-state index contributed by atoms with van der Waals surface area (Å²) in [6.45, 7) is 5.07. The van der Waals surface area contributed by atoms with E-state index in [-0.39, 0.29) is 23.8 Å². The number of amides is 2. The van der Waals surface area contributed by atoms with Crippen LogP contribution in [0, 0.1) is 5.92 Å². The number of carbonyl (C=O) groups is 2. The van der Waals surface area contributed by atoms with Gasteiger partial charge in [0.1, 0.15) is 5.69 Å². The van der Waals surface area contributed by atoms with Crippen molar-refractivity contribution in [3.63, 3.8) is 0 Å². The summed E-state index contributed by atoms with van der Waals surface area (Å²) in [6.07, 6.45) is 2.56. The molecule has 5 nitrogen and oxygen atoms in total. The van der Waals surface area contributed by atoms with Crippen molar-refractivity contribution in [1.82, 2.24) is 9.47 Å². The third kappa shape index (κ3) is 2.83. The molecule has 0 bridgehead atoms. The molecule has 0 spiro atoms. The first kappa shape index (κ1) is 14.1. The van der Waals surface area contributed by atoms with E-state index in [2.05, 4.69) is 15.9 Å². The number of rotatable bonds is 3. The molecule has 0 radical (unpaired) electrons. The number of halogens is 1. The van der Waals surface area contributed by atoms with Crippen molar-refractivity contribution >= 4 is 27.7 Å². The summed E-state index contributed by atoms with van der Waals surface area (Å²) >= 11 is 3.40. The topological polar surface area (TPSA) is 68.3 Å². The van der Waals surface area contributed by atoms with E-state index in [0.717, 1.165) is 4.47 Å². The summed E-state index contributed by atoms with van der Waals surface area (Å²) in [5.41, 5.74) is 5.94. The van der Waals surface area contributed by atoms with Crippen LogP contribution in [-0.4, -0.2) is 34.4 Å². The maximum Gasteiger partial charge on any atom is 0.270 e. The second-order valence-electron chi connectivity index (χ2n) is 5.18. The minimum atomic E-state index is -0.323. The van der Waals surface area contributed by atoms with Crippen LogP contribution in [0.2, 0.25) is 0 Å². The van der Waals surface area contributed by atoms with Crippen molar-refractivity contribution in [2.75, 3.05) is 13.1 Å². The Labute approximate surface area is 120 Å². The smallest absolute Gasteiger partial charge is 0.270 e. The fraction of sp³-hybridized carbons (Fsp3) is 0.538. The van der Waals surface area contributed by atoms with E-state index >= 15 is 0 Å². The van der Waals surface area contributed by atoms with Crippen molar-refractivity contribution in [2.45, 2.75) is 26.3 Å². The highest BCUT2D eigenvalue weighted by Gasteiger charge is 2.31. The van der Waals surface area contributed by atoms with Crippen LogP contribution in [0.4, 0.5) is 0 Å². The Hall–Kier alpha value is -1.30. The molecule has 0 aliphatic carbocycles. The molecule has 2 rings (SSSR count). The predicted molar refractivity (Wildman–Crippen MR) is 75.7 cm³/mol. The molecule has 1 aliphatic rings. The predicted octanol–water partition coefficient (Wildman–Crippen LogP) is 1.78. The number of hydrogen-bond acceptors (Lipinski definition) is 2. The van der Waals surface area contributed by atoms with Crippen LogP contribution in [0.15, 0.2) is 16.7 Å². The third-order valence-electron chi connectivity index (χ3n) is 3.47. The Bertz CT molecular complexity index is 510. The van der Waals surface area contributed by atoms with Crippen molar-refractivity contribution in [3.05, 3.63) is 22.4 Å². The van der Waals surface area contributed by atoms with Gasteiger partial charge in [0.15, 0.2) is 0 Å². The molecule has 2 amide bonds. The number of nitrogens with two attached hydrogens (primary N) is 1. The quantitative estimate of drug-likeness (QED) is 0.919. The normalized spacial score (nSPS) is 19.2. The molecule has 1 aromatic rings. The zero-order valence-corrected chi connectivity index (χ0v) is 12.7. The second kappa shape index (κ2) is 5.36. The second-order valence-corrected chi connectivity index (χ2v) is 6.10. The zero-order chi connectivity index (χ0) is 14.2. The lowest BCUT2D eigenvalue weighted by Crippen LogP contribution is -2.33. The summed E-state index contributed by atoms with van der Waals surface area (Å²) < 4.78 is 2.82. The highest BCUT2D eigenvalue weighted by molar-refractivity contribution is 9.10. The molecule has 1 atom stereocenters. The van der Waals surface area contributed by atoms with Crippen molar-refractivity contribution < 1.29 is 9.59 Å². The van der Waals surface area contributed by atoms with E-state index < -0.39 is 0 Å². The Kier molecular flexibility index (Phi) is 3.99. The van der Waals surface area contributed by atoms with Gasteiger partial charge in [-0.15, -0.1) is 0 Å². The molecule has 19 heavy (non-hydrogen) atoms. The van der Waals surface area contributed by atoms with Gasteiger partial charge in [0.2, 0.25) is 5.91 Å². The molecule has 1 saturated heterocycles. The van der Waals surface area contributed by atoms with Gasteiger partial charge in [-0.3, -0.25) is 9.59 Å². The molecule has 1 aromatic heterocycles. The number of likely N-dealkylation sites (tertiary alicyclic amines) is 1. The Morgan fingerprint density at radius 2 is 2.16 bits per heavy atom. The lowest BCUT2D eigenvalue weighted by molar-refractivity contribution is -0.121. The number of aromatic nitrogens is 1.